The molecule has 0 fully saturated rings. The third kappa shape index (κ3) is 1.39. The van der Waals surface area contributed by atoms with E-state index >= 15 is 0 Å². The molecule has 0 spiro atoms. The van der Waals surface area contributed by atoms with E-state index in [1.165, 1.54) is 18.4 Å². The average molecular weight is 153 g/mol. The van der Waals surface area contributed by atoms with Gasteiger partial charge in [0.25, 0.3) is 0 Å². The molecule has 0 aliphatic carbocycles. The molecule has 2 amide bonds. The summed E-state index contributed by atoms with van der Waals surface area (Å²) in [7, 11) is 0. The van der Waals surface area contributed by atoms with E-state index in [0.717, 1.165) is 4.90 Å². The summed E-state index contributed by atoms with van der Waals surface area (Å²) in [5.41, 5.74) is 15.9. The number of nitrogens with zero attached hydrogens (tertiary/aromatic N) is 1. The third-order valence-electron chi connectivity index (χ3n) is 1.30. The second-order valence-corrected chi connectivity index (χ2v) is 2.22. The van der Waals surface area contributed by atoms with Crippen LogP contribution in [0.25, 0.3) is 0 Å². The van der Waals surface area contributed by atoms with Crippen LogP contribution in [0.2, 0.25) is 0 Å². The van der Waals surface area contributed by atoms with Crippen LogP contribution < -0.4 is 17.2 Å². The first-order valence-corrected chi connectivity index (χ1v) is 2.97. The van der Waals surface area contributed by atoms with Gasteiger partial charge < -0.3 is 5.73 Å². The Bertz CT molecular complexity index is 231. The third-order valence-corrected chi connectivity index (χ3v) is 1.30. The first kappa shape index (κ1) is 7.77. The van der Waals surface area contributed by atoms with E-state index in [1.54, 1.807) is 0 Å². The van der Waals surface area contributed by atoms with E-state index in [9.17, 15) is 4.79 Å². The molecule has 5 heteroatoms. The van der Waals surface area contributed by atoms with Crippen LogP contribution in [-0.4, -0.2) is 16.7 Å². The highest BCUT2D eigenvalue weighted by Crippen LogP contribution is 2.08. The summed E-state index contributed by atoms with van der Waals surface area (Å²) in [5, 5.41) is 0. The van der Waals surface area contributed by atoms with E-state index in [-0.39, 0.29) is 0 Å². The summed E-state index contributed by atoms with van der Waals surface area (Å²) in [6.45, 7) is 0. The number of nitrogens with two attached hydrogens (primary N) is 3. The Morgan fingerprint density at radius 1 is 1.55 bits per heavy atom. The van der Waals surface area contributed by atoms with Gasteiger partial charge in [-0.2, -0.15) is 0 Å². The lowest BCUT2D eigenvalue weighted by Gasteiger charge is -2.32. The molecule has 5 nitrogen and oxygen atoms in total. The molecule has 11 heavy (non-hydrogen) atoms. The molecule has 1 aliphatic rings. The number of amides is 2. The van der Waals surface area contributed by atoms with Crippen molar-refractivity contribution in [2.45, 2.75) is 5.79 Å². The average Bonchev–Trinajstić information content (AvgIpc) is 1.85. The largest absolute Gasteiger partial charge is 0.351 e. The van der Waals surface area contributed by atoms with Crippen LogP contribution in [0.1, 0.15) is 0 Å². The predicted octanol–water partition coefficient (Wildman–Crippen LogP) is -1.18. The number of allylic oxidation sites excluding steroid dienone is 2. The van der Waals surface area contributed by atoms with E-state index < -0.39 is 11.8 Å². The first-order valence-electron chi connectivity index (χ1n) is 2.97. The summed E-state index contributed by atoms with van der Waals surface area (Å²) in [4.78, 5) is 11.6. The molecule has 59 valence electrons. The Labute approximate surface area is 64.1 Å². The second-order valence-electron chi connectivity index (χ2n) is 2.22. The molecule has 1 heterocycles. The normalized spacial score (nSPS) is 20.4. The van der Waals surface area contributed by atoms with Crippen LogP contribution in [0.5, 0.6) is 0 Å². The van der Waals surface area contributed by atoms with E-state index in [0.29, 0.717) is 0 Å². The summed E-state index contributed by atoms with van der Waals surface area (Å²) in [6.07, 6.45) is 6.89. The fourth-order valence-corrected chi connectivity index (χ4v) is 0.746. The zero-order valence-electron chi connectivity index (χ0n) is 5.82. The summed E-state index contributed by atoms with van der Waals surface area (Å²) in [5.74, 6) is -1.32. The molecule has 0 unspecified atom stereocenters. The predicted molar refractivity (Wildman–Crippen MR) is 39.5 cm³/mol. The van der Waals surface area contributed by atoms with Crippen LogP contribution in [-0.2, 0) is 0 Å². The Kier molecular flexibility index (Phi) is 1.67. The van der Waals surface area contributed by atoms with Crippen LogP contribution >= 0.6 is 0 Å². The maximum atomic E-state index is 10.7. The van der Waals surface area contributed by atoms with Gasteiger partial charge in [0, 0.05) is 6.20 Å². The van der Waals surface area contributed by atoms with Gasteiger partial charge in [0.15, 0.2) is 5.79 Å². The molecule has 0 aromatic heterocycles. The standard InChI is InChI=1S/C6H9N4O/c7-5(11)10-4-2-1-3-6(10,8)9/h1,3-4H,8-9H2,(H2,7,11). The minimum atomic E-state index is -1.32. The molecular formula is C6H9N4O. The van der Waals surface area contributed by atoms with E-state index in [2.05, 4.69) is 6.08 Å². The summed E-state index contributed by atoms with van der Waals surface area (Å²) in [6, 6.07) is -0.702. The topological polar surface area (TPSA) is 98.4 Å². The van der Waals surface area contributed by atoms with Crippen molar-refractivity contribution < 1.29 is 4.79 Å². The van der Waals surface area contributed by atoms with Crippen LogP contribution in [0, 0.1) is 6.08 Å². The number of hydrogen-bond acceptors (Lipinski definition) is 3. The van der Waals surface area contributed by atoms with Gasteiger partial charge in [0.2, 0.25) is 0 Å². The van der Waals surface area contributed by atoms with Crippen molar-refractivity contribution in [2.75, 3.05) is 0 Å². The molecule has 1 rings (SSSR count). The van der Waals surface area contributed by atoms with Crippen molar-refractivity contribution in [2.24, 2.45) is 17.2 Å². The molecule has 0 saturated heterocycles. The highest BCUT2D eigenvalue weighted by molar-refractivity contribution is 5.74. The maximum Gasteiger partial charge on any atom is 0.321 e. The van der Waals surface area contributed by atoms with Crippen LogP contribution in [0.4, 0.5) is 4.79 Å². The molecule has 1 radical (unpaired) electrons. The van der Waals surface area contributed by atoms with Gasteiger partial charge in [-0.05, 0) is 12.2 Å². The Balaban J connectivity index is 2.89. The number of primary amides is 1. The van der Waals surface area contributed by atoms with Gasteiger partial charge in [-0.25, -0.2) is 4.79 Å². The Hall–Kier alpha value is -1.33. The minimum absolute atomic E-state index is 0.702. The van der Waals surface area contributed by atoms with Gasteiger partial charge >= 0.3 is 6.03 Å². The summed E-state index contributed by atoms with van der Waals surface area (Å²) >= 11 is 0. The van der Waals surface area contributed by atoms with Crippen LogP contribution in [0.15, 0.2) is 18.4 Å². The van der Waals surface area contributed by atoms with Crippen molar-refractivity contribution in [3.8, 4) is 0 Å². The molecule has 1 aliphatic heterocycles. The van der Waals surface area contributed by atoms with Crippen molar-refractivity contribution in [1.29, 1.82) is 0 Å². The quantitative estimate of drug-likeness (QED) is 0.382. The van der Waals surface area contributed by atoms with Gasteiger partial charge in [0.1, 0.15) is 0 Å². The van der Waals surface area contributed by atoms with Crippen molar-refractivity contribution >= 4 is 6.03 Å². The monoisotopic (exact) mass is 153 g/mol. The Morgan fingerprint density at radius 3 is 2.55 bits per heavy atom. The number of carbonyl (C=O) groups excluding carboxylic acids is 1. The van der Waals surface area contributed by atoms with Gasteiger partial charge in [-0.3, -0.25) is 16.4 Å². The Morgan fingerprint density at radius 2 is 2.18 bits per heavy atom. The fourth-order valence-electron chi connectivity index (χ4n) is 0.746. The molecule has 6 N–H and O–H groups in total. The number of carbonyl (C=O) groups is 1. The lowest BCUT2D eigenvalue weighted by Crippen LogP contribution is -2.63. The van der Waals surface area contributed by atoms with Gasteiger partial charge in [-0.15, -0.1) is 0 Å². The minimum Gasteiger partial charge on any atom is -0.351 e. The lowest BCUT2D eigenvalue weighted by molar-refractivity contribution is 0.188. The zero-order valence-corrected chi connectivity index (χ0v) is 5.82. The van der Waals surface area contributed by atoms with Crippen LogP contribution in [0.3, 0.4) is 0 Å². The van der Waals surface area contributed by atoms with Crippen molar-refractivity contribution in [3.05, 3.63) is 24.4 Å². The van der Waals surface area contributed by atoms with Crippen molar-refractivity contribution in [3.63, 3.8) is 0 Å². The molecule has 0 aromatic carbocycles. The summed E-state index contributed by atoms with van der Waals surface area (Å²) < 4.78 is 0. The van der Waals surface area contributed by atoms with E-state index in [1.807, 2.05) is 0 Å². The smallest absolute Gasteiger partial charge is 0.321 e. The SMILES string of the molecule is NC(=O)N1C=[C]C=CC1(N)N. The van der Waals surface area contributed by atoms with Crippen molar-refractivity contribution in [1.82, 2.24) is 4.90 Å². The highest BCUT2D eigenvalue weighted by atomic mass is 16.2. The zero-order chi connectivity index (χ0) is 8.48. The van der Waals surface area contributed by atoms with Gasteiger partial charge in [0.05, 0.1) is 0 Å². The molecule has 0 saturated carbocycles. The lowest BCUT2D eigenvalue weighted by atomic mass is 10.2. The number of rotatable bonds is 0. The number of urea groups is 1. The molecule has 0 aromatic rings. The van der Waals surface area contributed by atoms with Gasteiger partial charge in [-0.1, -0.05) is 6.08 Å². The highest BCUT2D eigenvalue weighted by Gasteiger charge is 2.27. The molecule has 0 bridgehead atoms. The second kappa shape index (κ2) is 2.37. The number of hydrogen-bond donors (Lipinski definition) is 3. The first-order chi connectivity index (χ1) is 5.04. The molecular weight excluding hydrogens is 144 g/mol. The molecule has 0 atom stereocenters. The fraction of sp³-hybridized carbons (Fsp3) is 0.167. The van der Waals surface area contributed by atoms with E-state index in [4.69, 9.17) is 17.2 Å². The maximum absolute atomic E-state index is 10.7.